The molecule has 0 aromatic heterocycles. The van der Waals surface area contributed by atoms with E-state index in [0.717, 1.165) is 18.5 Å². The first-order valence-electron chi connectivity index (χ1n) is 8.96. The van der Waals surface area contributed by atoms with Crippen molar-refractivity contribution in [2.45, 2.75) is 69.9 Å². The molecule has 3 unspecified atom stereocenters. The monoisotopic (exact) mass is 279 g/mol. The first kappa shape index (κ1) is 14.8. The van der Waals surface area contributed by atoms with E-state index in [1.54, 1.807) is 0 Å². The van der Waals surface area contributed by atoms with Crippen LogP contribution in [0.25, 0.3) is 0 Å². The fourth-order valence-electron chi connectivity index (χ4n) is 5.05. The van der Waals surface area contributed by atoms with E-state index in [0.29, 0.717) is 5.54 Å². The zero-order valence-electron chi connectivity index (χ0n) is 13.3. The van der Waals surface area contributed by atoms with Crippen LogP contribution in [0.2, 0.25) is 0 Å². The Hall–Kier alpha value is -0.120. The van der Waals surface area contributed by atoms with Crippen LogP contribution in [0.5, 0.6) is 0 Å². The van der Waals surface area contributed by atoms with E-state index in [4.69, 9.17) is 5.73 Å². The molecule has 0 bridgehead atoms. The standard InChI is InChI=1S/C17H33N3/c1-2-15-6-3-8-17(12-15,14-18)20-11-5-10-19-9-4-7-16(19)13-20/h15-16H,2-14,18H2,1H3. The van der Waals surface area contributed by atoms with Crippen LogP contribution in [0.1, 0.15) is 58.3 Å². The molecule has 0 aromatic carbocycles. The maximum atomic E-state index is 6.32. The Balaban J connectivity index is 1.73. The van der Waals surface area contributed by atoms with Crippen molar-refractivity contribution in [1.29, 1.82) is 0 Å². The lowest BCUT2D eigenvalue weighted by molar-refractivity contribution is 0.0299. The molecule has 3 nitrogen and oxygen atoms in total. The van der Waals surface area contributed by atoms with Gasteiger partial charge in [-0.1, -0.05) is 26.2 Å². The van der Waals surface area contributed by atoms with Gasteiger partial charge in [-0.15, -0.1) is 0 Å². The number of hydrogen-bond donors (Lipinski definition) is 1. The van der Waals surface area contributed by atoms with E-state index in [-0.39, 0.29) is 0 Å². The molecule has 1 saturated carbocycles. The Labute approximate surface area is 124 Å². The summed E-state index contributed by atoms with van der Waals surface area (Å²) in [5.74, 6) is 0.912. The third-order valence-corrected chi connectivity index (χ3v) is 6.35. The summed E-state index contributed by atoms with van der Waals surface area (Å²) >= 11 is 0. The van der Waals surface area contributed by atoms with Crippen LogP contribution in [0.4, 0.5) is 0 Å². The highest BCUT2D eigenvalue weighted by Crippen LogP contribution is 2.39. The summed E-state index contributed by atoms with van der Waals surface area (Å²) in [6, 6.07) is 0.822. The van der Waals surface area contributed by atoms with Gasteiger partial charge >= 0.3 is 0 Å². The van der Waals surface area contributed by atoms with Crippen LogP contribution in [-0.4, -0.2) is 54.1 Å². The second-order valence-corrected chi connectivity index (χ2v) is 7.43. The predicted octanol–water partition coefficient (Wildman–Crippen LogP) is 2.45. The minimum atomic E-state index is 0.331. The Morgan fingerprint density at radius 2 is 1.95 bits per heavy atom. The average Bonchev–Trinajstić information content (AvgIpc) is 2.84. The van der Waals surface area contributed by atoms with E-state index in [9.17, 15) is 0 Å². The summed E-state index contributed by atoms with van der Waals surface area (Å²) in [5, 5.41) is 0. The quantitative estimate of drug-likeness (QED) is 0.861. The van der Waals surface area contributed by atoms with Gasteiger partial charge in [0, 0.05) is 31.2 Å². The highest BCUT2D eigenvalue weighted by molar-refractivity contribution is 4.99. The highest BCUT2D eigenvalue weighted by Gasteiger charge is 2.42. The molecule has 0 amide bonds. The van der Waals surface area contributed by atoms with Gasteiger partial charge in [-0.05, 0) is 51.1 Å². The largest absolute Gasteiger partial charge is 0.329 e. The molecule has 3 rings (SSSR count). The minimum absolute atomic E-state index is 0.331. The summed E-state index contributed by atoms with van der Waals surface area (Å²) in [6.07, 6.45) is 11.0. The first-order valence-corrected chi connectivity index (χ1v) is 8.96. The maximum Gasteiger partial charge on any atom is 0.0335 e. The van der Waals surface area contributed by atoms with E-state index in [2.05, 4.69) is 16.7 Å². The minimum Gasteiger partial charge on any atom is -0.329 e. The van der Waals surface area contributed by atoms with E-state index in [1.165, 1.54) is 77.5 Å². The van der Waals surface area contributed by atoms with Crippen molar-refractivity contribution >= 4 is 0 Å². The van der Waals surface area contributed by atoms with Crippen molar-refractivity contribution in [2.24, 2.45) is 11.7 Å². The summed E-state index contributed by atoms with van der Waals surface area (Å²) in [7, 11) is 0. The van der Waals surface area contributed by atoms with Gasteiger partial charge in [-0.25, -0.2) is 0 Å². The molecule has 0 radical (unpaired) electrons. The summed E-state index contributed by atoms with van der Waals surface area (Å²) in [5.41, 5.74) is 6.65. The number of nitrogens with two attached hydrogens (primary N) is 1. The highest BCUT2D eigenvalue weighted by atomic mass is 15.3. The van der Waals surface area contributed by atoms with E-state index >= 15 is 0 Å². The topological polar surface area (TPSA) is 32.5 Å². The Morgan fingerprint density at radius 3 is 2.75 bits per heavy atom. The van der Waals surface area contributed by atoms with E-state index in [1.807, 2.05) is 0 Å². The molecule has 2 N–H and O–H groups in total. The van der Waals surface area contributed by atoms with Gasteiger partial charge in [-0.3, -0.25) is 9.80 Å². The fourth-order valence-corrected chi connectivity index (χ4v) is 5.05. The molecule has 2 saturated heterocycles. The molecule has 3 fully saturated rings. The summed E-state index contributed by atoms with van der Waals surface area (Å²) < 4.78 is 0. The van der Waals surface area contributed by atoms with Crippen LogP contribution in [-0.2, 0) is 0 Å². The third kappa shape index (κ3) is 2.77. The van der Waals surface area contributed by atoms with Crippen LogP contribution < -0.4 is 5.73 Å². The smallest absolute Gasteiger partial charge is 0.0335 e. The summed E-state index contributed by atoms with van der Waals surface area (Å²) in [4.78, 5) is 5.56. The van der Waals surface area contributed by atoms with Crippen molar-refractivity contribution in [3.8, 4) is 0 Å². The predicted molar refractivity (Wildman–Crippen MR) is 84.8 cm³/mol. The summed E-state index contributed by atoms with van der Waals surface area (Å²) in [6.45, 7) is 8.45. The Kier molecular flexibility index (Phi) is 4.68. The molecule has 2 aliphatic heterocycles. The SMILES string of the molecule is CCC1CCCC(CN)(N2CCCN3CCCC3C2)C1. The molecule has 2 heterocycles. The van der Waals surface area contributed by atoms with Crippen molar-refractivity contribution in [3.05, 3.63) is 0 Å². The van der Waals surface area contributed by atoms with Crippen molar-refractivity contribution in [1.82, 2.24) is 9.80 Å². The Morgan fingerprint density at radius 1 is 1.10 bits per heavy atom. The number of nitrogens with zero attached hydrogens (tertiary/aromatic N) is 2. The van der Waals surface area contributed by atoms with Crippen LogP contribution in [0.3, 0.4) is 0 Å². The van der Waals surface area contributed by atoms with Crippen molar-refractivity contribution in [2.75, 3.05) is 32.7 Å². The average molecular weight is 279 g/mol. The van der Waals surface area contributed by atoms with Gasteiger partial charge in [0.2, 0.25) is 0 Å². The fraction of sp³-hybridized carbons (Fsp3) is 1.00. The number of fused-ring (bicyclic) bond motifs is 1. The van der Waals surface area contributed by atoms with Gasteiger partial charge in [0.1, 0.15) is 0 Å². The van der Waals surface area contributed by atoms with Gasteiger partial charge in [-0.2, -0.15) is 0 Å². The molecule has 3 heteroatoms. The van der Waals surface area contributed by atoms with Gasteiger partial charge in [0.15, 0.2) is 0 Å². The second kappa shape index (κ2) is 6.33. The van der Waals surface area contributed by atoms with Crippen molar-refractivity contribution < 1.29 is 0 Å². The van der Waals surface area contributed by atoms with Crippen LogP contribution >= 0.6 is 0 Å². The second-order valence-electron chi connectivity index (χ2n) is 7.43. The van der Waals surface area contributed by atoms with Gasteiger partial charge < -0.3 is 5.73 Å². The molecular weight excluding hydrogens is 246 g/mol. The maximum absolute atomic E-state index is 6.32. The lowest BCUT2D eigenvalue weighted by atomic mass is 9.73. The Bertz CT molecular complexity index is 319. The van der Waals surface area contributed by atoms with Crippen LogP contribution in [0, 0.1) is 5.92 Å². The van der Waals surface area contributed by atoms with Gasteiger partial charge in [0.05, 0.1) is 0 Å². The molecule has 1 aliphatic carbocycles. The first-order chi connectivity index (χ1) is 9.77. The molecular formula is C17H33N3. The lowest BCUT2D eigenvalue weighted by Crippen LogP contribution is -2.58. The third-order valence-electron chi connectivity index (χ3n) is 6.35. The zero-order chi connectivity index (χ0) is 14.0. The van der Waals surface area contributed by atoms with Crippen LogP contribution in [0.15, 0.2) is 0 Å². The number of rotatable bonds is 3. The molecule has 3 aliphatic rings. The zero-order valence-corrected chi connectivity index (χ0v) is 13.3. The normalized spacial score (nSPS) is 40.5. The molecule has 116 valence electrons. The molecule has 0 spiro atoms. The molecule has 20 heavy (non-hydrogen) atoms. The van der Waals surface area contributed by atoms with E-state index < -0.39 is 0 Å². The molecule has 0 aromatic rings. The number of hydrogen-bond acceptors (Lipinski definition) is 3. The van der Waals surface area contributed by atoms with Gasteiger partial charge in [0.25, 0.3) is 0 Å². The lowest BCUT2D eigenvalue weighted by Gasteiger charge is -2.48. The van der Waals surface area contributed by atoms with Crippen molar-refractivity contribution in [3.63, 3.8) is 0 Å². The molecule has 3 atom stereocenters.